The standard InChI is InChI=1S/C16H21N3O2/c1-11(4-2-6-17)19-13-10-14-16(21-9-8-20-14)12-5-3-7-18-15(12)13/h3,5,7,10-11,19H,2,4,6,8-9,17H2,1H3/t11-/m1/s1. The minimum absolute atomic E-state index is 0.335. The van der Waals surface area contributed by atoms with Gasteiger partial charge in [0.05, 0.1) is 11.2 Å². The lowest BCUT2D eigenvalue weighted by Gasteiger charge is -2.23. The molecule has 0 fully saturated rings. The second-order valence-electron chi connectivity index (χ2n) is 5.32. The Bertz CT molecular complexity index is 630. The first-order valence-electron chi connectivity index (χ1n) is 7.43. The van der Waals surface area contributed by atoms with Crippen molar-refractivity contribution in [2.24, 2.45) is 5.73 Å². The molecule has 3 N–H and O–H groups in total. The second kappa shape index (κ2) is 6.18. The van der Waals surface area contributed by atoms with E-state index in [9.17, 15) is 0 Å². The molecule has 1 aliphatic heterocycles. The van der Waals surface area contributed by atoms with Crippen LogP contribution in [0.1, 0.15) is 19.8 Å². The van der Waals surface area contributed by atoms with Gasteiger partial charge in [-0.05, 0) is 38.4 Å². The zero-order valence-electron chi connectivity index (χ0n) is 12.3. The van der Waals surface area contributed by atoms with Crippen LogP contribution in [-0.4, -0.2) is 30.8 Å². The lowest BCUT2D eigenvalue weighted by molar-refractivity contribution is 0.174. The zero-order valence-corrected chi connectivity index (χ0v) is 12.3. The predicted molar refractivity (Wildman–Crippen MR) is 84.1 cm³/mol. The van der Waals surface area contributed by atoms with Gasteiger partial charge >= 0.3 is 0 Å². The first-order valence-corrected chi connectivity index (χ1v) is 7.43. The highest BCUT2D eigenvalue weighted by Gasteiger charge is 2.19. The lowest BCUT2D eigenvalue weighted by atomic mass is 10.1. The fourth-order valence-corrected chi connectivity index (χ4v) is 2.62. The van der Waals surface area contributed by atoms with Gasteiger partial charge in [0.15, 0.2) is 11.5 Å². The van der Waals surface area contributed by atoms with Crippen LogP contribution in [0.25, 0.3) is 10.9 Å². The van der Waals surface area contributed by atoms with Crippen molar-refractivity contribution in [3.05, 3.63) is 24.4 Å². The second-order valence-corrected chi connectivity index (χ2v) is 5.32. The van der Waals surface area contributed by atoms with E-state index in [4.69, 9.17) is 15.2 Å². The van der Waals surface area contributed by atoms with E-state index in [1.54, 1.807) is 6.20 Å². The molecule has 1 aromatic heterocycles. The van der Waals surface area contributed by atoms with Crippen molar-refractivity contribution in [2.45, 2.75) is 25.8 Å². The maximum atomic E-state index is 5.75. The van der Waals surface area contributed by atoms with Crippen LogP contribution in [-0.2, 0) is 0 Å². The summed E-state index contributed by atoms with van der Waals surface area (Å²) in [6.45, 7) is 4.03. The number of benzene rings is 1. The molecule has 0 radical (unpaired) electrons. The summed E-state index contributed by atoms with van der Waals surface area (Å²) in [6.07, 6.45) is 3.83. The topological polar surface area (TPSA) is 69.4 Å². The molecule has 0 spiro atoms. The van der Waals surface area contributed by atoms with E-state index in [0.29, 0.717) is 25.8 Å². The molecule has 5 nitrogen and oxygen atoms in total. The summed E-state index contributed by atoms with van der Waals surface area (Å²) in [4.78, 5) is 4.50. The summed E-state index contributed by atoms with van der Waals surface area (Å²) in [7, 11) is 0. The summed E-state index contributed by atoms with van der Waals surface area (Å²) in [5, 5.41) is 4.51. The van der Waals surface area contributed by atoms with Gasteiger partial charge in [0, 0.05) is 23.7 Å². The van der Waals surface area contributed by atoms with Crippen molar-refractivity contribution >= 4 is 16.6 Å². The molecule has 0 saturated carbocycles. The van der Waals surface area contributed by atoms with Crippen molar-refractivity contribution in [3.8, 4) is 11.5 Å². The highest BCUT2D eigenvalue weighted by atomic mass is 16.6. The van der Waals surface area contributed by atoms with Gasteiger partial charge in [-0.1, -0.05) is 0 Å². The van der Waals surface area contributed by atoms with Gasteiger partial charge in [-0.25, -0.2) is 0 Å². The quantitative estimate of drug-likeness (QED) is 0.884. The van der Waals surface area contributed by atoms with Crippen LogP contribution in [0.2, 0.25) is 0 Å². The van der Waals surface area contributed by atoms with Crippen molar-refractivity contribution in [1.82, 2.24) is 4.98 Å². The molecule has 112 valence electrons. The maximum Gasteiger partial charge on any atom is 0.170 e. The van der Waals surface area contributed by atoms with E-state index in [2.05, 4.69) is 17.2 Å². The number of fused-ring (bicyclic) bond motifs is 3. The average molecular weight is 287 g/mol. The molecule has 5 heteroatoms. The minimum Gasteiger partial charge on any atom is -0.486 e. The van der Waals surface area contributed by atoms with Crippen LogP contribution in [0.5, 0.6) is 11.5 Å². The molecule has 0 aliphatic carbocycles. The SMILES string of the molecule is C[C@H](CCCN)Nc1cc2c(c3cccnc13)OCCO2. The molecule has 21 heavy (non-hydrogen) atoms. The smallest absolute Gasteiger partial charge is 0.170 e. The van der Waals surface area contributed by atoms with Crippen LogP contribution in [0.4, 0.5) is 5.69 Å². The summed E-state index contributed by atoms with van der Waals surface area (Å²) < 4.78 is 11.5. The monoisotopic (exact) mass is 287 g/mol. The third-order valence-corrected chi connectivity index (χ3v) is 3.64. The Morgan fingerprint density at radius 3 is 3.10 bits per heavy atom. The number of ether oxygens (including phenoxy) is 2. The molecule has 0 amide bonds. The molecule has 0 saturated heterocycles. The Labute approximate surface area is 124 Å². The van der Waals surface area contributed by atoms with Crippen molar-refractivity contribution in [3.63, 3.8) is 0 Å². The van der Waals surface area contributed by atoms with Gasteiger partial charge in [0.25, 0.3) is 0 Å². The first-order chi connectivity index (χ1) is 10.3. The number of aromatic nitrogens is 1. The largest absolute Gasteiger partial charge is 0.486 e. The van der Waals surface area contributed by atoms with E-state index < -0.39 is 0 Å². The highest BCUT2D eigenvalue weighted by Crippen LogP contribution is 2.41. The first kappa shape index (κ1) is 13.9. The number of hydrogen-bond acceptors (Lipinski definition) is 5. The Kier molecular flexibility index (Phi) is 4.10. The molecule has 1 aromatic carbocycles. The van der Waals surface area contributed by atoms with E-state index in [1.807, 2.05) is 18.2 Å². The van der Waals surface area contributed by atoms with Gasteiger partial charge in [-0.2, -0.15) is 0 Å². The normalized spacial score (nSPS) is 15.0. The maximum absolute atomic E-state index is 5.75. The van der Waals surface area contributed by atoms with Gasteiger partial charge in [-0.15, -0.1) is 0 Å². The Hall–Kier alpha value is -2.01. The third kappa shape index (κ3) is 2.88. The Morgan fingerprint density at radius 1 is 1.38 bits per heavy atom. The molecule has 0 bridgehead atoms. The Morgan fingerprint density at radius 2 is 2.24 bits per heavy atom. The number of nitrogens with two attached hydrogens (primary N) is 1. The minimum atomic E-state index is 0.335. The van der Waals surface area contributed by atoms with Gasteiger partial charge < -0.3 is 20.5 Å². The number of anilines is 1. The third-order valence-electron chi connectivity index (χ3n) is 3.64. The molecule has 1 atom stereocenters. The lowest BCUT2D eigenvalue weighted by Crippen LogP contribution is -2.19. The molecule has 0 unspecified atom stereocenters. The molecule has 3 rings (SSSR count). The number of pyridine rings is 1. The summed E-state index contributed by atoms with van der Waals surface area (Å²) in [5.74, 6) is 1.58. The number of nitrogens with zero attached hydrogens (tertiary/aromatic N) is 1. The zero-order chi connectivity index (χ0) is 14.7. The van der Waals surface area contributed by atoms with Crippen LogP contribution in [0.3, 0.4) is 0 Å². The summed E-state index contributed by atoms with van der Waals surface area (Å²) in [6, 6.07) is 6.26. The Balaban J connectivity index is 1.98. The van der Waals surface area contributed by atoms with Gasteiger partial charge in [0.2, 0.25) is 0 Å². The average Bonchev–Trinajstić information content (AvgIpc) is 2.53. The fourth-order valence-electron chi connectivity index (χ4n) is 2.62. The van der Waals surface area contributed by atoms with Crippen LogP contribution >= 0.6 is 0 Å². The van der Waals surface area contributed by atoms with Crippen LogP contribution in [0, 0.1) is 0 Å². The number of hydrogen-bond donors (Lipinski definition) is 2. The van der Waals surface area contributed by atoms with Crippen LogP contribution < -0.4 is 20.5 Å². The van der Waals surface area contributed by atoms with Crippen molar-refractivity contribution < 1.29 is 9.47 Å². The van der Waals surface area contributed by atoms with E-state index in [-0.39, 0.29) is 0 Å². The van der Waals surface area contributed by atoms with Crippen LogP contribution in [0.15, 0.2) is 24.4 Å². The molecule has 1 aliphatic rings. The summed E-state index contributed by atoms with van der Waals surface area (Å²) >= 11 is 0. The highest BCUT2D eigenvalue weighted by molar-refractivity contribution is 5.97. The van der Waals surface area contributed by atoms with Crippen molar-refractivity contribution in [1.29, 1.82) is 0 Å². The molecular formula is C16H21N3O2. The molecule has 2 heterocycles. The number of nitrogens with one attached hydrogen (secondary N) is 1. The predicted octanol–water partition coefficient (Wildman–Crippen LogP) is 2.55. The van der Waals surface area contributed by atoms with Gasteiger partial charge in [0.1, 0.15) is 13.2 Å². The van der Waals surface area contributed by atoms with Crippen molar-refractivity contribution in [2.75, 3.05) is 25.1 Å². The number of rotatable bonds is 5. The fraction of sp³-hybridized carbons (Fsp3) is 0.438. The summed E-state index contributed by atoms with van der Waals surface area (Å²) in [5.41, 5.74) is 7.48. The van der Waals surface area contributed by atoms with E-state index >= 15 is 0 Å². The van der Waals surface area contributed by atoms with Gasteiger partial charge in [-0.3, -0.25) is 4.98 Å². The molecular weight excluding hydrogens is 266 g/mol. The van der Waals surface area contributed by atoms with E-state index in [0.717, 1.165) is 40.9 Å². The molecule has 2 aromatic rings. The van der Waals surface area contributed by atoms with E-state index in [1.165, 1.54) is 0 Å².